The van der Waals surface area contributed by atoms with Crippen LogP contribution in [-0.2, 0) is 10.0 Å². The Morgan fingerprint density at radius 2 is 1.87 bits per heavy atom. The van der Waals surface area contributed by atoms with E-state index < -0.39 is 10.0 Å². The number of guanidine groups is 1. The molecule has 1 aliphatic carbocycles. The van der Waals surface area contributed by atoms with Crippen LogP contribution < -0.4 is 10.6 Å². The lowest BCUT2D eigenvalue weighted by Crippen LogP contribution is -2.50. The highest BCUT2D eigenvalue weighted by Crippen LogP contribution is 2.33. The second-order valence-electron chi connectivity index (χ2n) is 6.56. The number of hydrogen-bond donors (Lipinski definition) is 2. The van der Waals surface area contributed by atoms with Crippen molar-refractivity contribution in [2.45, 2.75) is 58.4 Å². The van der Waals surface area contributed by atoms with Crippen molar-refractivity contribution >= 4 is 16.0 Å². The Labute approximate surface area is 141 Å². The molecular weight excluding hydrogens is 312 g/mol. The Kier molecular flexibility index (Phi) is 7.14. The molecule has 0 radical (unpaired) electrons. The maximum absolute atomic E-state index is 11.9. The number of hydrogen-bond acceptors (Lipinski definition) is 3. The summed E-state index contributed by atoms with van der Waals surface area (Å²) in [6.45, 7) is 6.70. The predicted molar refractivity (Wildman–Crippen MR) is 95.1 cm³/mol. The highest BCUT2D eigenvalue weighted by molar-refractivity contribution is 7.89. The zero-order chi connectivity index (χ0) is 16.7. The SMILES string of the molecule is CCNC(=NCCCC1CC1)NC1CCN(S(=O)(=O)CC)CC1. The summed E-state index contributed by atoms with van der Waals surface area (Å²) < 4.78 is 25.4. The van der Waals surface area contributed by atoms with Crippen molar-refractivity contribution in [1.29, 1.82) is 0 Å². The quantitative estimate of drug-likeness (QED) is 0.398. The lowest BCUT2D eigenvalue weighted by atomic mass is 10.1. The van der Waals surface area contributed by atoms with Crippen LogP contribution in [0.3, 0.4) is 0 Å². The molecule has 6 nitrogen and oxygen atoms in total. The molecule has 1 heterocycles. The van der Waals surface area contributed by atoms with Gasteiger partial charge in [0.25, 0.3) is 0 Å². The van der Waals surface area contributed by atoms with Crippen LogP contribution in [0.15, 0.2) is 4.99 Å². The summed E-state index contributed by atoms with van der Waals surface area (Å²) in [5.41, 5.74) is 0. The summed E-state index contributed by atoms with van der Waals surface area (Å²) in [5, 5.41) is 6.76. The van der Waals surface area contributed by atoms with E-state index in [0.29, 0.717) is 19.1 Å². The van der Waals surface area contributed by atoms with Crippen LogP contribution >= 0.6 is 0 Å². The fourth-order valence-corrected chi connectivity index (χ4v) is 4.08. The average molecular weight is 345 g/mol. The fraction of sp³-hybridized carbons (Fsp3) is 0.938. The smallest absolute Gasteiger partial charge is 0.213 e. The standard InChI is InChI=1S/C16H32N4O2S/c1-3-17-16(18-11-5-6-14-7-8-14)19-15-9-12-20(13-10-15)23(21,22)4-2/h14-15H,3-13H2,1-2H3,(H2,17,18,19). The lowest BCUT2D eigenvalue weighted by molar-refractivity contribution is 0.306. The Morgan fingerprint density at radius 1 is 1.17 bits per heavy atom. The number of rotatable bonds is 8. The number of piperidine rings is 1. The van der Waals surface area contributed by atoms with Gasteiger partial charge in [0, 0.05) is 32.2 Å². The van der Waals surface area contributed by atoms with Gasteiger partial charge in [-0.05, 0) is 45.4 Å². The zero-order valence-corrected chi connectivity index (χ0v) is 15.4. The Hall–Kier alpha value is -0.820. The molecule has 1 aliphatic heterocycles. The third kappa shape index (κ3) is 6.30. The van der Waals surface area contributed by atoms with Gasteiger partial charge in [0.2, 0.25) is 10.0 Å². The topological polar surface area (TPSA) is 73.8 Å². The third-order valence-corrected chi connectivity index (χ3v) is 6.52. The summed E-state index contributed by atoms with van der Waals surface area (Å²) in [6.07, 6.45) is 6.95. The van der Waals surface area contributed by atoms with Gasteiger partial charge >= 0.3 is 0 Å². The second-order valence-corrected chi connectivity index (χ2v) is 8.82. The van der Waals surface area contributed by atoms with E-state index in [1.165, 1.54) is 19.3 Å². The van der Waals surface area contributed by atoms with Gasteiger partial charge in [-0.3, -0.25) is 4.99 Å². The fourth-order valence-electron chi connectivity index (χ4n) is 2.95. The molecule has 134 valence electrons. The molecule has 0 bridgehead atoms. The van der Waals surface area contributed by atoms with Crippen molar-refractivity contribution in [3.8, 4) is 0 Å². The van der Waals surface area contributed by atoms with Crippen LogP contribution in [0.2, 0.25) is 0 Å². The van der Waals surface area contributed by atoms with Crippen molar-refractivity contribution < 1.29 is 8.42 Å². The van der Waals surface area contributed by atoms with Crippen LogP contribution in [0.4, 0.5) is 0 Å². The van der Waals surface area contributed by atoms with Crippen LogP contribution in [-0.4, -0.2) is 56.7 Å². The monoisotopic (exact) mass is 344 g/mol. The predicted octanol–water partition coefficient (Wildman–Crippen LogP) is 1.55. The number of nitrogens with one attached hydrogen (secondary N) is 2. The third-order valence-electron chi connectivity index (χ3n) is 4.63. The molecule has 0 amide bonds. The molecule has 23 heavy (non-hydrogen) atoms. The molecule has 2 fully saturated rings. The minimum absolute atomic E-state index is 0.191. The largest absolute Gasteiger partial charge is 0.357 e. The van der Waals surface area contributed by atoms with Gasteiger partial charge in [0.15, 0.2) is 5.96 Å². The van der Waals surface area contributed by atoms with E-state index in [9.17, 15) is 8.42 Å². The van der Waals surface area contributed by atoms with E-state index in [0.717, 1.165) is 44.2 Å². The van der Waals surface area contributed by atoms with Gasteiger partial charge in [-0.2, -0.15) is 0 Å². The van der Waals surface area contributed by atoms with E-state index in [-0.39, 0.29) is 5.75 Å². The van der Waals surface area contributed by atoms with Gasteiger partial charge in [-0.15, -0.1) is 0 Å². The molecular formula is C16H32N4O2S. The molecule has 0 unspecified atom stereocenters. The summed E-state index contributed by atoms with van der Waals surface area (Å²) in [6, 6.07) is 0.305. The molecule has 0 atom stereocenters. The molecule has 2 N–H and O–H groups in total. The maximum atomic E-state index is 11.9. The lowest BCUT2D eigenvalue weighted by Gasteiger charge is -2.32. The highest BCUT2D eigenvalue weighted by Gasteiger charge is 2.27. The number of aliphatic imine (C=N–C) groups is 1. The van der Waals surface area contributed by atoms with Crippen molar-refractivity contribution in [3.05, 3.63) is 0 Å². The van der Waals surface area contributed by atoms with Gasteiger partial charge in [0.1, 0.15) is 0 Å². The molecule has 0 aromatic rings. The number of nitrogens with zero attached hydrogens (tertiary/aromatic N) is 2. The summed E-state index contributed by atoms with van der Waals surface area (Å²) >= 11 is 0. The average Bonchev–Trinajstić information content (AvgIpc) is 3.36. The molecule has 0 aromatic heterocycles. The minimum atomic E-state index is -3.04. The normalized spacial score (nSPS) is 21.4. The van der Waals surface area contributed by atoms with Crippen molar-refractivity contribution in [1.82, 2.24) is 14.9 Å². The van der Waals surface area contributed by atoms with E-state index >= 15 is 0 Å². The maximum Gasteiger partial charge on any atom is 0.213 e. The summed E-state index contributed by atoms with van der Waals surface area (Å²) in [7, 11) is -3.04. The first-order valence-electron chi connectivity index (χ1n) is 9.07. The first-order valence-corrected chi connectivity index (χ1v) is 10.7. The Morgan fingerprint density at radius 3 is 2.43 bits per heavy atom. The van der Waals surface area contributed by atoms with E-state index in [4.69, 9.17) is 0 Å². The van der Waals surface area contributed by atoms with Gasteiger partial charge in [0.05, 0.1) is 5.75 Å². The summed E-state index contributed by atoms with van der Waals surface area (Å²) in [4.78, 5) is 4.65. The van der Waals surface area contributed by atoms with E-state index in [2.05, 4.69) is 22.5 Å². The molecule has 0 aromatic carbocycles. The Balaban J connectivity index is 1.75. The number of sulfonamides is 1. The van der Waals surface area contributed by atoms with E-state index in [1.54, 1.807) is 11.2 Å². The molecule has 0 spiro atoms. The van der Waals surface area contributed by atoms with E-state index in [1.807, 2.05) is 0 Å². The van der Waals surface area contributed by atoms with Crippen molar-refractivity contribution in [3.63, 3.8) is 0 Å². The Bertz CT molecular complexity index is 480. The van der Waals surface area contributed by atoms with Gasteiger partial charge in [-0.1, -0.05) is 12.8 Å². The minimum Gasteiger partial charge on any atom is -0.357 e. The van der Waals surface area contributed by atoms with Crippen LogP contribution in [0.25, 0.3) is 0 Å². The van der Waals surface area contributed by atoms with Crippen molar-refractivity contribution in [2.75, 3.05) is 31.9 Å². The molecule has 1 saturated carbocycles. The van der Waals surface area contributed by atoms with Gasteiger partial charge < -0.3 is 10.6 Å². The van der Waals surface area contributed by atoms with Crippen LogP contribution in [0.1, 0.15) is 52.4 Å². The van der Waals surface area contributed by atoms with Crippen molar-refractivity contribution in [2.24, 2.45) is 10.9 Å². The van der Waals surface area contributed by atoms with Gasteiger partial charge in [-0.25, -0.2) is 12.7 Å². The van der Waals surface area contributed by atoms with Crippen LogP contribution in [0, 0.1) is 5.92 Å². The second kappa shape index (κ2) is 8.87. The summed E-state index contributed by atoms with van der Waals surface area (Å²) in [5.74, 6) is 2.03. The highest BCUT2D eigenvalue weighted by atomic mass is 32.2. The van der Waals surface area contributed by atoms with Crippen LogP contribution in [0.5, 0.6) is 0 Å². The first-order chi connectivity index (χ1) is 11.0. The molecule has 2 aliphatic rings. The molecule has 2 rings (SSSR count). The zero-order valence-electron chi connectivity index (χ0n) is 14.6. The molecule has 7 heteroatoms. The molecule has 1 saturated heterocycles. The first kappa shape index (κ1) is 18.5.